The maximum absolute atomic E-state index is 13.2. The van der Waals surface area contributed by atoms with Gasteiger partial charge in [0.15, 0.2) is 11.0 Å². The molecule has 1 fully saturated rings. The van der Waals surface area contributed by atoms with E-state index in [-0.39, 0.29) is 22.7 Å². The molecule has 0 unspecified atom stereocenters. The number of nitrogens with one attached hydrogen (secondary N) is 1. The van der Waals surface area contributed by atoms with Crippen molar-refractivity contribution in [2.75, 3.05) is 16.0 Å². The summed E-state index contributed by atoms with van der Waals surface area (Å²) >= 11 is 1.14. The first-order valence-electron chi connectivity index (χ1n) is 13.0. The second kappa shape index (κ2) is 11.4. The molecule has 5 aromatic rings. The quantitative estimate of drug-likeness (QED) is 0.195. The number of alkyl halides is 5. The van der Waals surface area contributed by atoms with E-state index in [0.29, 0.717) is 39.2 Å². The fraction of sp³-hybridized carbons (Fsp3) is 0.138. The lowest BCUT2D eigenvalue weighted by atomic mass is 10.1. The fourth-order valence-electron chi connectivity index (χ4n) is 4.42. The number of amides is 3. The Labute approximate surface area is 254 Å². The zero-order chi connectivity index (χ0) is 31.9. The van der Waals surface area contributed by atoms with Crippen molar-refractivity contribution in [2.45, 2.75) is 19.2 Å². The van der Waals surface area contributed by atoms with Crippen LogP contribution in [-0.4, -0.2) is 49.9 Å². The van der Waals surface area contributed by atoms with E-state index in [0.717, 1.165) is 23.9 Å². The van der Waals surface area contributed by atoms with Crippen LogP contribution in [0.4, 0.5) is 38.1 Å². The number of aliphatic imine (C=N–C) groups is 1. The molecule has 0 aliphatic carbocycles. The third-order valence-electron chi connectivity index (χ3n) is 6.57. The summed E-state index contributed by atoms with van der Waals surface area (Å²) < 4.78 is 74.1. The van der Waals surface area contributed by atoms with Crippen molar-refractivity contribution in [3.8, 4) is 22.8 Å². The third kappa shape index (κ3) is 5.95. The van der Waals surface area contributed by atoms with Gasteiger partial charge in [-0.2, -0.15) is 26.9 Å². The molecule has 0 spiro atoms. The second-order valence-electron chi connectivity index (χ2n) is 9.60. The van der Waals surface area contributed by atoms with Gasteiger partial charge in [0.25, 0.3) is 0 Å². The lowest BCUT2D eigenvalue weighted by Crippen LogP contribution is -2.41. The highest BCUT2D eigenvalue weighted by atomic mass is 32.2. The van der Waals surface area contributed by atoms with Gasteiger partial charge in [0.2, 0.25) is 5.91 Å². The minimum Gasteiger partial charge on any atom is -0.464 e. The first-order valence-corrected chi connectivity index (χ1v) is 14.0. The predicted octanol–water partition coefficient (Wildman–Crippen LogP) is 7.19. The molecule has 3 amide bonds. The number of carbonyl (C=O) groups is 2. The molecule has 230 valence electrons. The topological polar surface area (TPSA) is 115 Å². The van der Waals surface area contributed by atoms with Gasteiger partial charge in [-0.3, -0.25) is 9.69 Å². The summed E-state index contributed by atoms with van der Waals surface area (Å²) in [5.41, 5.74) is 3.17. The van der Waals surface area contributed by atoms with Crippen molar-refractivity contribution in [1.82, 2.24) is 14.8 Å². The highest BCUT2D eigenvalue weighted by Gasteiger charge is 2.61. The van der Waals surface area contributed by atoms with E-state index >= 15 is 0 Å². The summed E-state index contributed by atoms with van der Waals surface area (Å²) in [6.45, 7) is 1.75. The van der Waals surface area contributed by atoms with Crippen molar-refractivity contribution >= 4 is 51.2 Å². The minimum atomic E-state index is -5.86. The molecule has 6 rings (SSSR count). The number of hydrogen-bond donors (Lipinski definition) is 1. The standard InChI is InChI=1S/C29H19F5N6O4S/c1-16-13-17(25-35-15-39(38-25)18-6-8-19(9-7-18)44-29(33,34)28(30,31)32)5-10-21(16)36-26(42)37-27-40(24(41)14-45-27)22-3-2-4-23-20(22)11-12-43-23/h2-13,15H,14H2,1H3,(H,36,42)/b37-27-. The summed E-state index contributed by atoms with van der Waals surface area (Å²) in [5, 5.41) is 7.99. The number of anilines is 2. The van der Waals surface area contributed by atoms with Crippen molar-refractivity contribution < 1.29 is 40.7 Å². The maximum atomic E-state index is 13.2. The molecular formula is C29H19F5N6O4S. The van der Waals surface area contributed by atoms with Gasteiger partial charge < -0.3 is 14.5 Å². The Hall–Kier alpha value is -5.25. The van der Waals surface area contributed by atoms with Gasteiger partial charge in [-0.1, -0.05) is 17.8 Å². The van der Waals surface area contributed by atoms with E-state index in [9.17, 15) is 31.5 Å². The molecule has 1 N–H and O–H groups in total. The van der Waals surface area contributed by atoms with Crippen LogP contribution in [0.5, 0.6) is 5.75 Å². The van der Waals surface area contributed by atoms with E-state index in [1.165, 1.54) is 34.3 Å². The van der Waals surface area contributed by atoms with Crippen LogP contribution in [0.2, 0.25) is 0 Å². The normalized spacial score (nSPS) is 14.8. The molecule has 0 radical (unpaired) electrons. The molecule has 45 heavy (non-hydrogen) atoms. The zero-order valence-corrected chi connectivity index (χ0v) is 23.7. The van der Waals surface area contributed by atoms with E-state index in [1.807, 2.05) is 0 Å². The number of aryl methyl sites for hydroxylation is 1. The van der Waals surface area contributed by atoms with Crippen LogP contribution >= 0.6 is 11.8 Å². The largest absolute Gasteiger partial charge is 0.499 e. The zero-order valence-electron chi connectivity index (χ0n) is 22.9. The molecule has 3 heterocycles. The summed E-state index contributed by atoms with van der Waals surface area (Å²) in [4.78, 5) is 35.3. The highest BCUT2D eigenvalue weighted by Crippen LogP contribution is 2.37. The second-order valence-corrected chi connectivity index (χ2v) is 10.5. The number of urea groups is 1. The Morgan fingerprint density at radius 2 is 1.84 bits per heavy atom. The van der Waals surface area contributed by atoms with Crippen LogP contribution < -0.4 is 15.0 Å². The first kappa shape index (κ1) is 29.8. The number of ether oxygens (including phenoxy) is 1. The van der Waals surface area contributed by atoms with Gasteiger partial charge in [0, 0.05) is 16.6 Å². The lowest BCUT2D eigenvalue weighted by Gasteiger charge is -2.20. The van der Waals surface area contributed by atoms with Crippen molar-refractivity contribution in [3.05, 3.63) is 84.9 Å². The molecule has 1 saturated heterocycles. The van der Waals surface area contributed by atoms with E-state index in [1.54, 1.807) is 49.4 Å². The fourth-order valence-corrected chi connectivity index (χ4v) is 5.28. The number of nitrogens with zero attached hydrogens (tertiary/aromatic N) is 5. The first-order chi connectivity index (χ1) is 21.4. The average molecular weight is 643 g/mol. The monoisotopic (exact) mass is 642 g/mol. The molecule has 1 aliphatic rings. The van der Waals surface area contributed by atoms with Gasteiger partial charge >= 0.3 is 18.3 Å². The van der Waals surface area contributed by atoms with E-state index in [2.05, 4.69) is 25.1 Å². The smallest absolute Gasteiger partial charge is 0.464 e. The highest BCUT2D eigenvalue weighted by molar-refractivity contribution is 8.15. The molecule has 2 aromatic heterocycles. The number of amidine groups is 1. The Morgan fingerprint density at radius 1 is 1.07 bits per heavy atom. The van der Waals surface area contributed by atoms with E-state index in [4.69, 9.17) is 4.42 Å². The Morgan fingerprint density at radius 3 is 2.58 bits per heavy atom. The van der Waals surface area contributed by atoms with Crippen LogP contribution in [0.1, 0.15) is 5.56 Å². The van der Waals surface area contributed by atoms with Gasteiger partial charge in [0.05, 0.1) is 23.4 Å². The number of rotatable bonds is 6. The number of halogens is 5. The molecule has 1 aliphatic heterocycles. The number of furan rings is 1. The predicted molar refractivity (Wildman–Crippen MR) is 156 cm³/mol. The molecule has 16 heteroatoms. The Bertz CT molecular complexity index is 1950. The summed E-state index contributed by atoms with van der Waals surface area (Å²) in [7, 11) is 0. The number of fused-ring (bicyclic) bond motifs is 1. The van der Waals surface area contributed by atoms with Crippen LogP contribution in [-0.2, 0) is 4.79 Å². The number of aromatic nitrogens is 3. The van der Waals surface area contributed by atoms with Gasteiger partial charge in [0.1, 0.15) is 17.7 Å². The molecule has 0 atom stereocenters. The summed E-state index contributed by atoms with van der Waals surface area (Å²) in [6, 6.07) is 15.7. The van der Waals surface area contributed by atoms with Gasteiger partial charge in [-0.05, 0) is 73.2 Å². The number of benzene rings is 3. The molecule has 3 aromatic carbocycles. The number of thioether (sulfide) groups is 1. The molecule has 10 nitrogen and oxygen atoms in total. The molecule has 0 saturated carbocycles. The van der Waals surface area contributed by atoms with Crippen LogP contribution in [0.25, 0.3) is 28.0 Å². The molecule has 0 bridgehead atoms. The van der Waals surface area contributed by atoms with E-state index < -0.39 is 24.1 Å². The minimum absolute atomic E-state index is 0.125. The van der Waals surface area contributed by atoms with Crippen LogP contribution in [0.3, 0.4) is 0 Å². The van der Waals surface area contributed by atoms with Gasteiger partial charge in [-0.25, -0.2) is 14.5 Å². The van der Waals surface area contributed by atoms with Gasteiger partial charge in [-0.15, -0.1) is 5.10 Å². The maximum Gasteiger partial charge on any atom is 0.499 e. The SMILES string of the molecule is Cc1cc(-c2ncn(-c3ccc(OC(F)(F)C(F)(F)F)cc3)n2)ccc1NC(=O)/N=C1\SCC(=O)N1c1cccc2occc12. The third-order valence-corrected chi connectivity index (χ3v) is 7.50. The molecular weight excluding hydrogens is 623 g/mol. The van der Waals surface area contributed by atoms with Crippen molar-refractivity contribution in [2.24, 2.45) is 4.99 Å². The summed E-state index contributed by atoms with van der Waals surface area (Å²) in [6.07, 6.45) is -8.34. The number of hydrogen-bond acceptors (Lipinski definition) is 7. The van der Waals surface area contributed by atoms with Crippen LogP contribution in [0.15, 0.2) is 88.7 Å². The Balaban J connectivity index is 1.15. The summed E-state index contributed by atoms with van der Waals surface area (Å²) in [5.74, 6) is -0.495. The lowest BCUT2D eigenvalue weighted by molar-refractivity contribution is -0.360. The Kier molecular flexibility index (Phi) is 7.52. The van der Waals surface area contributed by atoms with Crippen molar-refractivity contribution in [1.29, 1.82) is 0 Å². The van der Waals surface area contributed by atoms with Crippen molar-refractivity contribution in [3.63, 3.8) is 0 Å². The number of carbonyl (C=O) groups excluding carboxylic acids is 2. The average Bonchev–Trinajstić information content (AvgIpc) is 3.74. The van der Waals surface area contributed by atoms with Crippen LogP contribution in [0, 0.1) is 6.92 Å².